The molecule has 0 bridgehead atoms. The van der Waals surface area contributed by atoms with Crippen molar-refractivity contribution < 1.29 is 4.79 Å². The Bertz CT molecular complexity index is 328. The van der Waals surface area contributed by atoms with Gasteiger partial charge >= 0.3 is 0 Å². The molecule has 5 heteroatoms. The summed E-state index contributed by atoms with van der Waals surface area (Å²) in [4.78, 5) is 12.5. The van der Waals surface area contributed by atoms with Gasteiger partial charge in [0.15, 0.2) is 0 Å². The Morgan fingerprint density at radius 1 is 1.50 bits per heavy atom. The topological polar surface area (TPSA) is 41.1 Å². The molecule has 90 valence electrons. The highest BCUT2D eigenvalue weighted by atomic mass is 79.9. The zero-order valence-electron chi connectivity index (χ0n) is 9.38. The maximum atomic E-state index is 11.3. The highest BCUT2D eigenvalue weighted by Crippen LogP contribution is 2.21. The van der Waals surface area contributed by atoms with Crippen molar-refractivity contribution in [3.05, 3.63) is 20.8 Å². The molecule has 0 atom stereocenters. The number of amides is 1. The first-order valence-corrected chi connectivity index (χ1v) is 7.10. The molecule has 0 fully saturated rings. The normalized spacial score (nSPS) is 10.4. The van der Waals surface area contributed by atoms with Crippen LogP contribution in [0, 0.1) is 0 Å². The largest absolute Gasteiger partial charge is 0.356 e. The molecule has 1 aromatic rings. The van der Waals surface area contributed by atoms with E-state index in [4.69, 9.17) is 0 Å². The zero-order chi connectivity index (χ0) is 11.8. The van der Waals surface area contributed by atoms with Crippen molar-refractivity contribution in [2.75, 3.05) is 13.1 Å². The number of nitrogens with one attached hydrogen (secondary N) is 2. The molecule has 1 heterocycles. The lowest BCUT2D eigenvalue weighted by molar-refractivity contribution is -0.120. The van der Waals surface area contributed by atoms with Gasteiger partial charge in [0.25, 0.3) is 0 Å². The van der Waals surface area contributed by atoms with E-state index in [-0.39, 0.29) is 5.91 Å². The van der Waals surface area contributed by atoms with Crippen LogP contribution in [0.15, 0.2) is 15.9 Å². The Balaban J connectivity index is 2.08. The highest BCUT2D eigenvalue weighted by Gasteiger charge is 2.02. The number of rotatable bonds is 7. The van der Waals surface area contributed by atoms with Crippen LogP contribution in [0.1, 0.15) is 24.6 Å². The van der Waals surface area contributed by atoms with Crippen molar-refractivity contribution in [2.24, 2.45) is 0 Å². The molecule has 0 saturated carbocycles. The fourth-order valence-corrected chi connectivity index (χ4v) is 2.67. The Morgan fingerprint density at radius 2 is 2.31 bits per heavy atom. The molecule has 3 nitrogen and oxygen atoms in total. The van der Waals surface area contributed by atoms with Crippen LogP contribution in [0.3, 0.4) is 0 Å². The fourth-order valence-electron chi connectivity index (χ4n) is 1.21. The van der Waals surface area contributed by atoms with Gasteiger partial charge in [-0.05, 0) is 33.8 Å². The molecule has 1 rings (SSSR count). The molecule has 0 unspecified atom stereocenters. The molecule has 0 aliphatic heterocycles. The van der Waals surface area contributed by atoms with E-state index >= 15 is 0 Å². The minimum absolute atomic E-state index is 0.125. The van der Waals surface area contributed by atoms with E-state index in [0.717, 1.165) is 30.5 Å². The first-order valence-electron chi connectivity index (χ1n) is 5.43. The van der Waals surface area contributed by atoms with Crippen molar-refractivity contribution in [3.63, 3.8) is 0 Å². The van der Waals surface area contributed by atoms with Crippen LogP contribution in [0.25, 0.3) is 0 Å². The summed E-state index contributed by atoms with van der Waals surface area (Å²) in [7, 11) is 0. The van der Waals surface area contributed by atoms with Crippen LogP contribution in [0.5, 0.6) is 0 Å². The maximum absolute atomic E-state index is 11.3. The molecular formula is C11H17BrN2OS. The van der Waals surface area contributed by atoms with Gasteiger partial charge in [0.1, 0.15) is 0 Å². The molecular weight excluding hydrogens is 288 g/mol. The third-order valence-electron chi connectivity index (χ3n) is 2.08. The van der Waals surface area contributed by atoms with Gasteiger partial charge in [-0.15, -0.1) is 11.3 Å². The molecule has 0 radical (unpaired) electrons. The Hall–Kier alpha value is -0.390. The highest BCUT2D eigenvalue weighted by molar-refractivity contribution is 9.10. The van der Waals surface area contributed by atoms with Crippen LogP contribution in [-0.4, -0.2) is 19.0 Å². The number of hydrogen-bond acceptors (Lipinski definition) is 3. The van der Waals surface area contributed by atoms with E-state index in [1.54, 1.807) is 11.3 Å². The predicted octanol–water partition coefficient (Wildman–Crippen LogP) is 2.52. The summed E-state index contributed by atoms with van der Waals surface area (Å²) >= 11 is 5.18. The monoisotopic (exact) mass is 304 g/mol. The maximum Gasteiger partial charge on any atom is 0.221 e. The minimum atomic E-state index is 0.125. The summed E-state index contributed by atoms with van der Waals surface area (Å²) in [6.45, 7) is 4.36. The van der Waals surface area contributed by atoms with Crippen LogP contribution in [0.2, 0.25) is 0 Å². The SMILES string of the molecule is CCCNC(=O)CCNCc1sccc1Br. The Kier molecular flexibility index (Phi) is 6.68. The van der Waals surface area contributed by atoms with Gasteiger partial charge in [0.2, 0.25) is 5.91 Å². The second kappa shape index (κ2) is 7.81. The van der Waals surface area contributed by atoms with Gasteiger partial charge in [0, 0.05) is 35.4 Å². The number of halogens is 1. The molecule has 2 N–H and O–H groups in total. The van der Waals surface area contributed by atoms with Crippen LogP contribution < -0.4 is 10.6 Å². The summed E-state index contributed by atoms with van der Waals surface area (Å²) in [5.41, 5.74) is 0. The van der Waals surface area contributed by atoms with Gasteiger partial charge in [0.05, 0.1) is 0 Å². The van der Waals surface area contributed by atoms with E-state index in [1.807, 2.05) is 13.0 Å². The lowest BCUT2D eigenvalue weighted by atomic mass is 10.3. The summed E-state index contributed by atoms with van der Waals surface area (Å²) in [5, 5.41) is 8.16. The summed E-state index contributed by atoms with van der Waals surface area (Å²) in [6, 6.07) is 2.04. The van der Waals surface area contributed by atoms with Crippen molar-refractivity contribution in [2.45, 2.75) is 26.3 Å². The molecule has 1 amide bonds. The molecule has 0 spiro atoms. The molecule has 0 saturated heterocycles. The zero-order valence-corrected chi connectivity index (χ0v) is 11.8. The van der Waals surface area contributed by atoms with Crippen LogP contribution in [-0.2, 0) is 11.3 Å². The van der Waals surface area contributed by atoms with Gasteiger partial charge in [-0.25, -0.2) is 0 Å². The first kappa shape index (κ1) is 13.7. The van der Waals surface area contributed by atoms with Crippen molar-refractivity contribution in [1.82, 2.24) is 10.6 Å². The first-order chi connectivity index (χ1) is 7.74. The van der Waals surface area contributed by atoms with Crippen molar-refractivity contribution >= 4 is 33.2 Å². The van der Waals surface area contributed by atoms with E-state index in [1.165, 1.54) is 4.88 Å². The van der Waals surface area contributed by atoms with Gasteiger partial charge in [-0.3, -0.25) is 4.79 Å². The molecule has 16 heavy (non-hydrogen) atoms. The van der Waals surface area contributed by atoms with Crippen molar-refractivity contribution in [3.8, 4) is 0 Å². The third kappa shape index (κ3) is 5.09. The second-order valence-electron chi connectivity index (χ2n) is 3.47. The quantitative estimate of drug-likeness (QED) is 0.760. The molecule has 0 aromatic carbocycles. The lowest BCUT2D eigenvalue weighted by Gasteiger charge is -2.04. The summed E-state index contributed by atoms with van der Waals surface area (Å²) < 4.78 is 1.14. The standard InChI is InChI=1S/C11H17BrN2OS/c1-2-5-14-11(15)3-6-13-8-10-9(12)4-7-16-10/h4,7,13H,2-3,5-6,8H2,1H3,(H,14,15). The average Bonchev–Trinajstić information content (AvgIpc) is 2.67. The van der Waals surface area contributed by atoms with E-state index in [9.17, 15) is 4.79 Å². The molecule has 0 aliphatic rings. The molecule has 0 aliphatic carbocycles. The van der Waals surface area contributed by atoms with Gasteiger partial charge in [-0.2, -0.15) is 0 Å². The van der Waals surface area contributed by atoms with Gasteiger partial charge in [-0.1, -0.05) is 6.92 Å². The van der Waals surface area contributed by atoms with Gasteiger partial charge < -0.3 is 10.6 Å². The molecule has 1 aromatic heterocycles. The third-order valence-corrected chi connectivity index (χ3v) is 4.00. The van der Waals surface area contributed by atoms with E-state index in [0.29, 0.717) is 6.42 Å². The predicted molar refractivity (Wildman–Crippen MR) is 71.6 cm³/mol. The van der Waals surface area contributed by atoms with E-state index in [2.05, 4.69) is 31.9 Å². The Labute approximate surface area is 109 Å². The summed E-state index contributed by atoms with van der Waals surface area (Å²) in [6.07, 6.45) is 1.53. The van der Waals surface area contributed by atoms with Crippen molar-refractivity contribution in [1.29, 1.82) is 0 Å². The lowest BCUT2D eigenvalue weighted by Crippen LogP contribution is -2.27. The minimum Gasteiger partial charge on any atom is -0.356 e. The number of thiophene rings is 1. The van der Waals surface area contributed by atoms with Crippen LogP contribution >= 0.6 is 27.3 Å². The smallest absolute Gasteiger partial charge is 0.221 e. The van der Waals surface area contributed by atoms with Crippen LogP contribution in [0.4, 0.5) is 0 Å². The summed E-state index contributed by atoms with van der Waals surface area (Å²) in [5.74, 6) is 0.125. The number of carbonyl (C=O) groups excluding carboxylic acids is 1. The fraction of sp³-hybridized carbons (Fsp3) is 0.545. The van der Waals surface area contributed by atoms with E-state index < -0.39 is 0 Å². The average molecular weight is 305 g/mol. The number of carbonyl (C=O) groups is 1. The Morgan fingerprint density at radius 3 is 2.94 bits per heavy atom. The number of hydrogen-bond donors (Lipinski definition) is 2. The second-order valence-corrected chi connectivity index (χ2v) is 5.32.